The first-order chi connectivity index (χ1) is 11.1. The van der Waals surface area contributed by atoms with Crippen LogP contribution < -0.4 is 0 Å². The van der Waals surface area contributed by atoms with Crippen molar-refractivity contribution >= 4 is 31.4 Å². The molecule has 0 N–H and O–H groups in total. The van der Waals surface area contributed by atoms with E-state index >= 15 is 0 Å². The van der Waals surface area contributed by atoms with Crippen molar-refractivity contribution in [2.45, 2.75) is 18.5 Å². The highest BCUT2D eigenvalue weighted by atomic mass is 35.5. The van der Waals surface area contributed by atoms with Crippen LogP contribution in [0.15, 0.2) is 54.6 Å². The van der Waals surface area contributed by atoms with Gasteiger partial charge >= 0.3 is 9.28 Å². The molecule has 3 nitrogen and oxygen atoms in total. The molecule has 0 saturated heterocycles. The summed E-state index contributed by atoms with van der Waals surface area (Å²) >= 11 is 6.17. The minimum Gasteiger partial charge on any atom is -0.414 e. The van der Waals surface area contributed by atoms with E-state index in [2.05, 4.69) is 29.5 Å². The zero-order valence-corrected chi connectivity index (χ0v) is 16.3. The Balaban J connectivity index is 0.000000238. The number of benzene rings is 2. The van der Waals surface area contributed by atoms with E-state index in [1.807, 2.05) is 42.5 Å². The summed E-state index contributed by atoms with van der Waals surface area (Å²) in [6.07, 6.45) is 0. The third-order valence-corrected chi connectivity index (χ3v) is 5.67. The third-order valence-electron chi connectivity index (χ3n) is 3.19. The van der Waals surface area contributed by atoms with Crippen molar-refractivity contribution in [3.8, 4) is 0 Å². The van der Waals surface area contributed by atoms with Gasteiger partial charge in [-0.05, 0) is 23.6 Å². The van der Waals surface area contributed by atoms with Crippen molar-refractivity contribution in [1.29, 1.82) is 0 Å². The van der Waals surface area contributed by atoms with Gasteiger partial charge in [0.2, 0.25) is 10.5 Å². The Morgan fingerprint density at radius 1 is 1.00 bits per heavy atom. The lowest BCUT2D eigenvalue weighted by Crippen LogP contribution is -2.25. The lowest BCUT2D eigenvalue weighted by atomic mass is 10.1. The van der Waals surface area contributed by atoms with Crippen molar-refractivity contribution in [3.05, 3.63) is 71.3 Å². The topological polar surface area (TPSA) is 27.7 Å². The van der Waals surface area contributed by atoms with Crippen LogP contribution >= 0.6 is 11.6 Å². The summed E-state index contributed by atoms with van der Waals surface area (Å²) < 4.78 is 15.1. The van der Waals surface area contributed by atoms with Gasteiger partial charge in [-0.3, -0.25) is 0 Å². The fraction of sp³-hybridized carbons (Fsp3) is 0.294. The molecule has 23 heavy (non-hydrogen) atoms. The number of aryl methyl sites for hydroxylation is 1. The summed E-state index contributed by atoms with van der Waals surface area (Å²) in [7, 11) is 4.82. The van der Waals surface area contributed by atoms with E-state index in [0.29, 0.717) is 6.61 Å². The van der Waals surface area contributed by atoms with Crippen LogP contribution in [0, 0.1) is 6.92 Å². The van der Waals surface area contributed by atoms with Gasteiger partial charge in [0.05, 0.1) is 6.61 Å². The maximum Gasteiger partial charge on any atom is 0.408 e. The van der Waals surface area contributed by atoms with Crippen molar-refractivity contribution in [3.63, 3.8) is 0 Å². The molecule has 0 bridgehead atoms. The lowest BCUT2D eigenvalue weighted by Gasteiger charge is -2.15. The maximum atomic E-state index is 6.17. The molecule has 0 spiro atoms. The molecular formula is C17H21ClO3Si2. The fourth-order valence-corrected chi connectivity index (χ4v) is 3.78. The molecule has 0 amide bonds. The molecule has 1 unspecified atom stereocenters. The van der Waals surface area contributed by atoms with Gasteiger partial charge in [0.1, 0.15) is 5.00 Å². The molecule has 0 heterocycles. The van der Waals surface area contributed by atoms with Crippen LogP contribution in [0.5, 0.6) is 0 Å². The molecular weight excluding hydrogens is 344 g/mol. The predicted molar refractivity (Wildman–Crippen MR) is 96.5 cm³/mol. The number of halogens is 1. The monoisotopic (exact) mass is 364 g/mol. The zero-order valence-electron chi connectivity index (χ0n) is 13.6. The first-order valence-electron chi connectivity index (χ1n) is 7.10. The standard InChI is InChI=1S/C9H12ClO2Si.C8H9OSi/c1-11-13(12-2)9(10)8-6-4-3-5-7-8;1-7-4-2-3-5-8(7)6-9-10/h3-7,9H,1-2H3;2-5H,6H2,1H3. The third kappa shape index (κ3) is 6.99. The minimum absolute atomic E-state index is 0.166. The van der Waals surface area contributed by atoms with Gasteiger partial charge in [-0.2, -0.15) is 0 Å². The van der Waals surface area contributed by atoms with Crippen LogP contribution in [0.4, 0.5) is 0 Å². The Labute approximate surface area is 148 Å². The molecule has 0 saturated carbocycles. The highest BCUT2D eigenvalue weighted by molar-refractivity contribution is 6.58. The predicted octanol–water partition coefficient (Wildman–Crippen LogP) is 3.88. The second kappa shape index (κ2) is 11.6. The first-order valence-corrected chi connectivity index (χ1v) is 9.34. The van der Waals surface area contributed by atoms with E-state index in [4.69, 9.17) is 24.9 Å². The highest BCUT2D eigenvalue weighted by Crippen LogP contribution is 2.23. The van der Waals surface area contributed by atoms with Gasteiger partial charge in [-0.25, -0.2) is 0 Å². The second-order valence-electron chi connectivity index (χ2n) is 4.72. The van der Waals surface area contributed by atoms with Crippen molar-refractivity contribution in [2.75, 3.05) is 14.2 Å². The zero-order chi connectivity index (χ0) is 17.1. The largest absolute Gasteiger partial charge is 0.414 e. The summed E-state index contributed by atoms with van der Waals surface area (Å²) in [6.45, 7) is 2.70. The Kier molecular flexibility index (Phi) is 10.1. The molecule has 0 aromatic heterocycles. The highest BCUT2D eigenvalue weighted by Gasteiger charge is 2.25. The minimum atomic E-state index is -1.39. The molecule has 6 heteroatoms. The summed E-state index contributed by atoms with van der Waals surface area (Å²) in [5.41, 5.74) is 3.53. The Morgan fingerprint density at radius 2 is 1.57 bits per heavy atom. The van der Waals surface area contributed by atoms with Crippen molar-refractivity contribution in [2.24, 2.45) is 0 Å². The molecule has 0 aliphatic carbocycles. The van der Waals surface area contributed by atoms with Crippen molar-refractivity contribution < 1.29 is 13.3 Å². The van der Waals surface area contributed by atoms with Gasteiger partial charge in [0, 0.05) is 14.2 Å². The fourth-order valence-electron chi connectivity index (χ4n) is 1.90. The van der Waals surface area contributed by atoms with E-state index in [-0.39, 0.29) is 5.00 Å². The molecule has 0 aliphatic rings. The lowest BCUT2D eigenvalue weighted by molar-refractivity contribution is 0.275. The van der Waals surface area contributed by atoms with Crippen LogP contribution in [-0.2, 0) is 19.9 Å². The SMILES string of the molecule is CO[Si](OC)C(Cl)c1ccccc1.Cc1ccccc1CO[Si]. The molecule has 122 valence electrons. The number of rotatable bonds is 6. The molecule has 0 fully saturated rings. The van der Waals surface area contributed by atoms with Gasteiger partial charge in [0.25, 0.3) is 0 Å². The molecule has 2 rings (SSSR count). The smallest absolute Gasteiger partial charge is 0.408 e. The number of hydrogen-bond donors (Lipinski definition) is 0. The molecule has 0 aliphatic heterocycles. The van der Waals surface area contributed by atoms with Crippen LogP contribution in [-0.4, -0.2) is 34.0 Å². The second-order valence-corrected chi connectivity index (χ2v) is 7.84. The van der Waals surface area contributed by atoms with Gasteiger partial charge in [-0.15, -0.1) is 11.6 Å². The Bertz CT molecular complexity index is 551. The number of hydrogen-bond acceptors (Lipinski definition) is 3. The number of alkyl halides is 1. The quantitative estimate of drug-likeness (QED) is 0.575. The van der Waals surface area contributed by atoms with E-state index in [9.17, 15) is 0 Å². The Hall–Kier alpha value is -0.956. The normalized spacial score (nSPS) is 11.7. The Morgan fingerprint density at radius 3 is 2.09 bits per heavy atom. The average molecular weight is 365 g/mol. The molecule has 2 aromatic rings. The summed E-state index contributed by atoms with van der Waals surface area (Å²) in [5.74, 6) is 0. The maximum absolute atomic E-state index is 6.17. The molecule has 4 radical (unpaired) electrons. The summed E-state index contributed by atoms with van der Waals surface area (Å²) in [5, 5.41) is -0.166. The van der Waals surface area contributed by atoms with Crippen molar-refractivity contribution in [1.82, 2.24) is 0 Å². The molecule has 1 atom stereocenters. The van der Waals surface area contributed by atoms with Crippen LogP contribution in [0.2, 0.25) is 0 Å². The van der Waals surface area contributed by atoms with Gasteiger partial charge in [-0.1, -0.05) is 54.6 Å². The summed E-state index contributed by atoms with van der Waals surface area (Å²) in [6, 6.07) is 18.0. The van der Waals surface area contributed by atoms with Gasteiger partial charge < -0.3 is 13.3 Å². The first kappa shape index (κ1) is 20.1. The van der Waals surface area contributed by atoms with E-state index < -0.39 is 9.28 Å². The van der Waals surface area contributed by atoms with Crippen LogP contribution in [0.3, 0.4) is 0 Å². The van der Waals surface area contributed by atoms with Crippen LogP contribution in [0.1, 0.15) is 21.7 Å². The average Bonchev–Trinajstić information content (AvgIpc) is 2.59. The van der Waals surface area contributed by atoms with E-state index in [1.165, 1.54) is 11.1 Å². The van der Waals surface area contributed by atoms with Gasteiger partial charge in [0.15, 0.2) is 0 Å². The summed E-state index contributed by atoms with van der Waals surface area (Å²) in [4.78, 5) is 0. The molecule has 2 aromatic carbocycles. The van der Waals surface area contributed by atoms with E-state index in [0.717, 1.165) is 5.56 Å². The van der Waals surface area contributed by atoms with E-state index in [1.54, 1.807) is 14.2 Å². The van der Waals surface area contributed by atoms with Crippen LogP contribution in [0.25, 0.3) is 0 Å².